The van der Waals surface area contributed by atoms with Gasteiger partial charge in [0.25, 0.3) is 0 Å². The van der Waals surface area contributed by atoms with Crippen LogP contribution in [0.1, 0.15) is 103 Å². The Morgan fingerprint density at radius 1 is 0.482 bits per heavy atom. The molecule has 0 radical (unpaired) electrons. The van der Waals surface area contributed by atoms with Crippen molar-refractivity contribution in [1.82, 2.24) is 0 Å². The molecule has 14 rings (SSSR count). The topological polar surface area (TPSA) is 129 Å². The fourth-order valence-electron chi connectivity index (χ4n) is 13.5. The van der Waals surface area contributed by atoms with Crippen molar-refractivity contribution < 1.29 is 9.59 Å². The number of carbonyl (C=O) groups excluding carboxylic acids is 2. The average Bonchev–Trinajstić information content (AvgIpc) is 1.55. The Bertz CT molecular complexity index is 4900. The number of hydrogen-bond acceptors (Lipinski definition) is 10. The number of fused-ring (bicyclic) bond motifs is 10. The minimum atomic E-state index is -0.885. The van der Waals surface area contributed by atoms with Gasteiger partial charge in [-0.15, -0.1) is 45.8 Å². The van der Waals surface area contributed by atoms with Crippen LogP contribution < -0.4 is 0 Å². The summed E-state index contributed by atoms with van der Waals surface area (Å²) in [5.41, 5.74) is 17.5. The van der Waals surface area contributed by atoms with Crippen LogP contribution >= 0.6 is 45.8 Å². The van der Waals surface area contributed by atoms with Crippen LogP contribution in [0.2, 0.25) is 0 Å². The standard InChI is InChI=1S/C75H46N4O2S4/c1-41-17-25-47(26-18-41)74(48-27-19-42(2)20-28-48)60(16-10-15-56-64(45(37-76)38-77)52-11-6-8-13-54(52)67(56)80)69(82-5)57-35-62-58(36-61(57)74)70-66(75(62,49-29-21-43(3)22-30-49)50-31-23-44(4)24-32-50)72-73(85-70)71-63(84-72)34-51(83-71)33-59-65(46(39-78)40-79)53-12-7-9-14-55(53)68(59)81/h6-36H,1-5H3/b16-10+,56-15-,59-33-. The number of hydrogen-bond donors (Lipinski definition) is 0. The first kappa shape index (κ1) is 53.3. The molecular weight excluding hydrogens is 1120 g/mol. The maximum absolute atomic E-state index is 14.3. The molecule has 402 valence electrons. The smallest absolute Gasteiger partial charge is 0.194 e. The highest BCUT2D eigenvalue weighted by Gasteiger charge is 2.54. The number of thioether (sulfide) groups is 1. The summed E-state index contributed by atoms with van der Waals surface area (Å²) in [4.78, 5) is 31.6. The number of carbonyl (C=O) groups is 2. The molecule has 0 spiro atoms. The third-order valence-electron chi connectivity index (χ3n) is 17.3. The molecule has 0 amide bonds. The third kappa shape index (κ3) is 7.71. The number of benzene rings is 7. The minimum absolute atomic E-state index is 0.0900. The molecular formula is C75H46N4O2S4. The number of thiophene rings is 3. The molecule has 10 heteroatoms. The Labute approximate surface area is 508 Å². The molecule has 0 saturated heterocycles. The van der Waals surface area contributed by atoms with Gasteiger partial charge >= 0.3 is 0 Å². The Kier molecular flexibility index (Phi) is 12.7. The lowest BCUT2D eigenvalue weighted by Gasteiger charge is -2.36. The number of allylic oxidation sites excluding steroid dienone is 10. The molecule has 3 aromatic heterocycles. The van der Waals surface area contributed by atoms with E-state index < -0.39 is 10.8 Å². The molecule has 6 nitrogen and oxygen atoms in total. The van der Waals surface area contributed by atoms with Crippen LogP contribution in [0, 0.1) is 73.0 Å². The highest BCUT2D eigenvalue weighted by Crippen LogP contribution is 2.67. The van der Waals surface area contributed by atoms with Gasteiger partial charge in [-0.3, -0.25) is 9.59 Å². The summed E-state index contributed by atoms with van der Waals surface area (Å²) in [7, 11) is 0. The molecule has 4 aliphatic rings. The number of aryl methyl sites for hydroxylation is 4. The van der Waals surface area contributed by atoms with E-state index in [1.54, 1.807) is 76.9 Å². The Morgan fingerprint density at radius 3 is 1.42 bits per heavy atom. The highest BCUT2D eigenvalue weighted by molar-refractivity contribution is 8.07. The molecule has 85 heavy (non-hydrogen) atoms. The van der Waals surface area contributed by atoms with E-state index in [2.05, 4.69) is 180 Å². The Hall–Kier alpha value is -9.75. The van der Waals surface area contributed by atoms with E-state index in [1.165, 1.54) is 20.7 Å². The summed E-state index contributed by atoms with van der Waals surface area (Å²) in [6, 6.07) is 65.6. The molecule has 10 aromatic rings. The van der Waals surface area contributed by atoms with Crippen molar-refractivity contribution >= 4 is 98.3 Å². The maximum Gasteiger partial charge on any atom is 0.194 e. The van der Waals surface area contributed by atoms with Crippen LogP contribution in [-0.4, -0.2) is 17.8 Å². The number of ketones is 2. The Balaban J connectivity index is 1.06. The average molecular weight is 1160 g/mol. The van der Waals surface area contributed by atoms with E-state index in [4.69, 9.17) is 0 Å². The lowest BCUT2D eigenvalue weighted by atomic mass is 9.65. The zero-order valence-electron chi connectivity index (χ0n) is 46.6. The van der Waals surface area contributed by atoms with Crippen LogP contribution in [0.25, 0.3) is 51.4 Å². The summed E-state index contributed by atoms with van der Waals surface area (Å²) < 4.78 is 4.57. The van der Waals surface area contributed by atoms with Crippen LogP contribution in [-0.2, 0) is 10.8 Å². The number of nitrogens with zero attached hydrogens (tertiary/aromatic N) is 4. The van der Waals surface area contributed by atoms with Gasteiger partial charge in [0.1, 0.15) is 35.4 Å². The van der Waals surface area contributed by atoms with Crippen molar-refractivity contribution in [2.45, 2.75) is 38.5 Å². The summed E-state index contributed by atoms with van der Waals surface area (Å²) >= 11 is 6.92. The monoisotopic (exact) mass is 1160 g/mol. The van der Waals surface area contributed by atoms with Crippen molar-refractivity contribution in [2.24, 2.45) is 0 Å². The second-order valence-electron chi connectivity index (χ2n) is 22.0. The van der Waals surface area contributed by atoms with Gasteiger partial charge in [-0.05, 0) is 119 Å². The maximum atomic E-state index is 14.3. The van der Waals surface area contributed by atoms with Gasteiger partial charge in [0.05, 0.1) is 24.9 Å². The summed E-state index contributed by atoms with van der Waals surface area (Å²) in [5.74, 6) is -0.440. The minimum Gasteiger partial charge on any atom is -0.289 e. The number of nitriles is 4. The lowest BCUT2D eigenvalue weighted by Crippen LogP contribution is -2.30. The summed E-state index contributed by atoms with van der Waals surface area (Å²) in [6.07, 6.45) is 9.87. The number of Topliss-reactive ketones (excluding diaryl/α,β-unsaturated/α-hetero) is 2. The van der Waals surface area contributed by atoms with Gasteiger partial charge in [-0.2, -0.15) is 21.0 Å². The number of rotatable bonds is 8. The lowest BCUT2D eigenvalue weighted by molar-refractivity contribution is 0.103. The molecule has 0 atom stereocenters. The first-order chi connectivity index (χ1) is 41.4. The molecule has 0 N–H and O–H groups in total. The van der Waals surface area contributed by atoms with Crippen molar-refractivity contribution in [1.29, 1.82) is 21.0 Å². The predicted octanol–water partition coefficient (Wildman–Crippen LogP) is 18.5. The first-order valence-electron chi connectivity index (χ1n) is 27.6. The molecule has 0 aliphatic heterocycles. The van der Waals surface area contributed by atoms with Crippen molar-refractivity contribution in [3.63, 3.8) is 0 Å². The van der Waals surface area contributed by atoms with Gasteiger partial charge in [-0.1, -0.05) is 186 Å². The van der Waals surface area contributed by atoms with Gasteiger partial charge in [0.15, 0.2) is 11.6 Å². The van der Waals surface area contributed by atoms with Crippen LogP contribution in [0.3, 0.4) is 0 Å². The highest BCUT2D eigenvalue weighted by atomic mass is 32.2. The van der Waals surface area contributed by atoms with Gasteiger partial charge in [0.2, 0.25) is 0 Å². The van der Waals surface area contributed by atoms with Crippen molar-refractivity contribution in [3.8, 4) is 34.7 Å². The zero-order valence-corrected chi connectivity index (χ0v) is 49.9. The second kappa shape index (κ2) is 20.3. The normalized spacial score (nSPS) is 16.0. The van der Waals surface area contributed by atoms with Gasteiger partial charge in [0, 0.05) is 58.3 Å². The molecule has 7 aromatic carbocycles. The van der Waals surface area contributed by atoms with E-state index in [9.17, 15) is 30.6 Å². The fourth-order valence-corrected chi connectivity index (χ4v) is 18.7. The van der Waals surface area contributed by atoms with Gasteiger partial charge in [-0.25, -0.2) is 0 Å². The van der Waals surface area contributed by atoms with E-state index in [0.29, 0.717) is 44.5 Å². The largest absolute Gasteiger partial charge is 0.289 e. The molecule has 3 heterocycles. The summed E-state index contributed by atoms with van der Waals surface area (Å²) in [5, 5.41) is 40.8. The van der Waals surface area contributed by atoms with E-state index in [0.717, 1.165) is 90.7 Å². The summed E-state index contributed by atoms with van der Waals surface area (Å²) in [6.45, 7) is 8.48. The molecule has 0 saturated carbocycles. The predicted molar refractivity (Wildman–Crippen MR) is 348 cm³/mol. The third-order valence-corrected chi connectivity index (χ3v) is 22.0. The first-order valence-corrected chi connectivity index (χ1v) is 31.3. The fraction of sp³-hybridized carbons (Fsp3) is 0.0933. The van der Waals surface area contributed by atoms with Crippen molar-refractivity contribution in [3.05, 3.63) is 304 Å². The van der Waals surface area contributed by atoms with E-state index >= 15 is 0 Å². The van der Waals surface area contributed by atoms with Crippen molar-refractivity contribution in [2.75, 3.05) is 6.26 Å². The van der Waals surface area contributed by atoms with Crippen LogP contribution in [0.5, 0.6) is 0 Å². The molecule has 0 fully saturated rings. The molecule has 4 aliphatic carbocycles. The van der Waals surface area contributed by atoms with Crippen LogP contribution in [0.4, 0.5) is 0 Å². The van der Waals surface area contributed by atoms with E-state index in [-0.39, 0.29) is 22.7 Å². The molecule has 0 bridgehead atoms. The van der Waals surface area contributed by atoms with Crippen LogP contribution in [0.15, 0.2) is 210 Å². The quantitative estimate of drug-likeness (QED) is 0.109. The van der Waals surface area contributed by atoms with E-state index in [1.807, 2.05) is 35.6 Å². The zero-order chi connectivity index (χ0) is 58.6. The Morgan fingerprint density at radius 2 is 0.929 bits per heavy atom. The second-order valence-corrected chi connectivity index (χ2v) is 25.9. The SMILES string of the molecule is CSC1=C(/C=C/C=C2\C(=O)c3ccccc3C2=C(C#N)C#N)C(c2ccc(C)cc2)(c2ccc(C)cc2)c2cc3c(cc21)C(c1ccc(C)cc1)(c1ccc(C)cc1)c1c-3sc2c1sc1cc(/C=C3\C(=O)c4ccccc4C3=C(C#N)C#N)sc12. The van der Waals surface area contributed by atoms with Gasteiger partial charge < -0.3 is 0 Å². The molecule has 0 unspecified atom stereocenters.